The predicted molar refractivity (Wildman–Crippen MR) is 515 cm³/mol. The minimum absolute atomic E-state index is 0.000368. The zero-order valence-corrected chi connectivity index (χ0v) is 87.5. The molecule has 8 rings (SSSR count). The van der Waals surface area contributed by atoms with Crippen molar-refractivity contribution in [3.63, 3.8) is 0 Å². The van der Waals surface area contributed by atoms with Gasteiger partial charge in [-0.05, 0) is 227 Å². The van der Waals surface area contributed by atoms with Crippen molar-refractivity contribution >= 4 is 83.0 Å². The van der Waals surface area contributed by atoms with Crippen LogP contribution in [0.25, 0.3) is 0 Å². The topological polar surface area (TPSA) is 353 Å². The average molecular weight is 2050 g/mol. The van der Waals surface area contributed by atoms with E-state index in [-0.39, 0.29) is 186 Å². The minimum atomic E-state index is -2.67. The van der Waals surface area contributed by atoms with Crippen molar-refractivity contribution in [1.82, 2.24) is 53.9 Å². The normalized spacial score (nSPS) is 25.9. The number of nitrogens with zero attached hydrogens (tertiary/aromatic N) is 11. The molecule has 0 saturated carbocycles. The van der Waals surface area contributed by atoms with Gasteiger partial charge in [0.05, 0.1) is 76.3 Å². The second-order valence-electron chi connectivity index (χ2n) is 41.5. The fourth-order valence-electron chi connectivity index (χ4n) is 18.1. The number of likely N-dealkylation sites (N-methyl/N-ethyl adjacent to an activating group) is 3. The summed E-state index contributed by atoms with van der Waals surface area (Å²) >= 11 is 4.12. The second-order valence-corrected chi connectivity index (χ2v) is 44.6. The molecule has 8 aliphatic rings. The van der Waals surface area contributed by atoms with Gasteiger partial charge in [0.1, 0.15) is 37.9 Å². The van der Waals surface area contributed by atoms with Gasteiger partial charge >= 0.3 is 47.8 Å². The Labute approximate surface area is 819 Å². The number of hydrogen-bond acceptors (Lipinski definition) is 24. The Hall–Kier alpha value is -4.55. The first-order chi connectivity index (χ1) is 63.0. The van der Waals surface area contributed by atoms with Gasteiger partial charge in [-0.15, -0.1) is 35.3 Å². The first-order valence-electron chi connectivity index (χ1n) is 47.8. The first-order valence-corrected chi connectivity index (χ1v) is 51.3. The summed E-state index contributed by atoms with van der Waals surface area (Å²) in [6.07, 6.45) is 1.44. The number of halogens is 12. The largest absolute Gasteiger partial charge is 0.481 e. The lowest BCUT2D eigenvalue weighted by molar-refractivity contribution is -0.145. The van der Waals surface area contributed by atoms with Gasteiger partial charge in [-0.3, -0.25) is 82.7 Å². The molecule has 8 saturated heterocycles. The number of carboxylic acids is 8. The molecule has 29 nitrogen and oxygen atoms in total. The van der Waals surface area contributed by atoms with Crippen molar-refractivity contribution < 1.29 is 141 Å². The third-order valence-corrected chi connectivity index (χ3v) is 27.9. The summed E-state index contributed by atoms with van der Waals surface area (Å²) in [5.74, 6) is -14.9. The SMILES string of the molecule is CC(C)(C)N1CC(F)CC(CSCC(=O)O)C1.CC(C)(C)N1CC(F)CCC1COCC(=O)O.CC(C)N1CC(CN(C)CC(=O)O)CC(F)(F)C1.CC(C)N1CC(F)(F)CCC1CN(C)CC(=O)O.CC(C)N1CC(F)(F)CCC1COCC(=O)O.CC(C)N1CC(F)(F)CCC1CSCC(=O)O.CC(C)N1CC(F)CC(CN(C)CC(=O)O)C1.CC(C)N1CC(F)CCC1CSCC(=O)O. The number of likely N-dealkylation sites (tertiary alicyclic amines) is 8. The molecule has 0 aromatic rings. The van der Waals surface area contributed by atoms with Crippen LogP contribution in [0.4, 0.5) is 52.7 Å². The van der Waals surface area contributed by atoms with Gasteiger partial charge in [-0.2, -0.15) is 0 Å². The molecule has 8 heterocycles. The zero-order chi connectivity index (χ0) is 105. The van der Waals surface area contributed by atoms with Gasteiger partial charge in [0.25, 0.3) is 23.7 Å². The number of ether oxygens (including phenoxy) is 2. The number of carboxylic acid groups (broad SMARTS) is 8. The minimum Gasteiger partial charge on any atom is -0.481 e. The Morgan fingerprint density at radius 2 is 0.708 bits per heavy atom. The Kier molecular flexibility index (Phi) is 60.6. The van der Waals surface area contributed by atoms with E-state index in [1.54, 1.807) is 55.4 Å². The quantitative estimate of drug-likeness (QED) is 0.0266. The van der Waals surface area contributed by atoms with Crippen LogP contribution >= 0.6 is 35.3 Å². The zero-order valence-electron chi connectivity index (χ0n) is 85.0. The smallest absolute Gasteiger partial charge is 0.329 e. The van der Waals surface area contributed by atoms with Gasteiger partial charge < -0.3 is 50.3 Å². The third-order valence-electron chi connectivity index (χ3n) is 24.6. The highest BCUT2D eigenvalue weighted by Gasteiger charge is 2.46. The van der Waals surface area contributed by atoms with E-state index in [2.05, 4.69) is 68.1 Å². The van der Waals surface area contributed by atoms with Gasteiger partial charge in [0.2, 0.25) is 0 Å². The van der Waals surface area contributed by atoms with Crippen molar-refractivity contribution in [1.29, 1.82) is 0 Å². The second kappa shape index (κ2) is 63.7. The highest BCUT2D eigenvalue weighted by molar-refractivity contribution is 8.00. The molecule has 0 amide bonds. The van der Waals surface area contributed by atoms with Gasteiger partial charge in [-0.25, -0.2) is 62.3 Å². The molecular weight excluding hydrogens is 1880 g/mol. The van der Waals surface area contributed by atoms with Crippen LogP contribution in [0.3, 0.4) is 0 Å². The molecule has 8 aliphatic heterocycles. The maximum absolute atomic E-state index is 13.6. The van der Waals surface area contributed by atoms with Gasteiger partial charge in [0, 0.05) is 180 Å². The Bertz CT molecular complexity index is 3420. The van der Waals surface area contributed by atoms with Crippen LogP contribution in [-0.2, 0) is 47.8 Å². The lowest BCUT2D eigenvalue weighted by Gasteiger charge is -2.45. The van der Waals surface area contributed by atoms with E-state index in [9.17, 15) is 91.0 Å². The molecule has 44 heteroatoms. The summed E-state index contributed by atoms with van der Waals surface area (Å²) in [5.41, 5.74) is -0.136. The molecule has 12 atom stereocenters. The number of carbonyl (C=O) groups is 8. The molecule has 137 heavy (non-hydrogen) atoms. The number of rotatable bonds is 38. The van der Waals surface area contributed by atoms with E-state index in [1.807, 2.05) is 76.2 Å². The van der Waals surface area contributed by atoms with E-state index in [1.165, 1.54) is 35.3 Å². The predicted octanol–water partition coefficient (Wildman–Crippen LogP) is 13.8. The number of piperidine rings is 8. The fourth-order valence-corrected chi connectivity index (χ4v) is 20.8. The highest BCUT2D eigenvalue weighted by atomic mass is 32.2. The van der Waals surface area contributed by atoms with Gasteiger partial charge in [-0.1, -0.05) is 0 Å². The molecule has 0 aromatic carbocycles. The molecule has 0 aliphatic carbocycles. The molecule has 806 valence electrons. The van der Waals surface area contributed by atoms with Crippen LogP contribution in [-0.4, -0.2) is 462 Å². The summed E-state index contributed by atoms with van der Waals surface area (Å²) in [6, 6.07) is 1.27. The number of aliphatic carboxylic acids is 8. The summed E-state index contributed by atoms with van der Waals surface area (Å²) in [6.45, 7) is 40.4. The maximum Gasteiger partial charge on any atom is 0.329 e. The summed E-state index contributed by atoms with van der Waals surface area (Å²) in [7, 11) is 5.13. The van der Waals surface area contributed by atoms with Crippen molar-refractivity contribution in [3.8, 4) is 0 Å². The van der Waals surface area contributed by atoms with Crippen LogP contribution in [0, 0.1) is 17.8 Å². The van der Waals surface area contributed by atoms with Crippen LogP contribution in [0.15, 0.2) is 0 Å². The summed E-state index contributed by atoms with van der Waals surface area (Å²) in [5, 5.41) is 68.7. The van der Waals surface area contributed by atoms with E-state index < -0.39 is 96.1 Å². The molecule has 0 aromatic heterocycles. The Morgan fingerprint density at radius 3 is 1.12 bits per heavy atom. The molecule has 8 N–H and O–H groups in total. The van der Waals surface area contributed by atoms with E-state index in [4.69, 9.17) is 50.3 Å². The monoisotopic (exact) mass is 2050 g/mol. The van der Waals surface area contributed by atoms with Crippen molar-refractivity contribution in [2.45, 2.75) is 334 Å². The molecule has 0 spiro atoms. The van der Waals surface area contributed by atoms with E-state index >= 15 is 0 Å². The van der Waals surface area contributed by atoms with Crippen molar-refractivity contribution in [2.24, 2.45) is 17.8 Å². The van der Waals surface area contributed by atoms with Crippen LogP contribution in [0.1, 0.15) is 208 Å². The molecule has 0 radical (unpaired) electrons. The standard InChI is InChI=1S/2C12H22F2N2O2.C12H23FN2O2.C12H22FNO3.C12H22FNO2S.C11H19F2NO3.C11H19F2NO2S.C11H20FNO2S/c1-9(2)16-6-10(4-12(13,14)8-16)5-15(3)7-11(17)18;1-9(2)16-8-12(13,14)5-4-10(16)6-15(3)7-11(17)18;1-9(2)15-6-10(4-11(13)7-15)5-14(3)8-12(16)17;1-12(2,3)14-6-9(13)4-5-10(14)7-17-8-11(15)16;1-12(2,3)14-5-9(4-10(13)6-14)7-17-8-11(15)16;2*1-8(2)14-7-11(12,13)4-3-9(14)5-17-6-10(15)16;1-8(2)13-5-9(12)3-4-10(13)6-16-7-11(14)15/h2*9-10H,4-8H2,1-3H3,(H,17,18);9-11H,4-8H2,1-3H3,(H,16,17);2*9-10H,4-8H2,1-3H3,(H,15,16);2*8-9H,3-7H2,1-2H3,(H,15,16);8-10H,3-7H2,1-2H3,(H,14,15). The Morgan fingerprint density at radius 1 is 0.350 bits per heavy atom. The first kappa shape index (κ1) is 130. The third kappa shape index (κ3) is 58.3. The lowest BCUT2D eigenvalue weighted by atomic mass is 9.93. The molecule has 12 unspecified atom stereocenters. The van der Waals surface area contributed by atoms with E-state index in [0.717, 1.165) is 37.4 Å². The molecule has 8 fully saturated rings. The molecular formula is C93H169F12N11O18S3. The van der Waals surface area contributed by atoms with Crippen LogP contribution in [0.2, 0.25) is 0 Å². The maximum atomic E-state index is 13.6. The number of hydrogen-bond donors (Lipinski definition) is 8. The fraction of sp³-hybridized carbons (Fsp3) is 0.914. The van der Waals surface area contributed by atoms with E-state index in [0.29, 0.717) is 128 Å². The Balaban J connectivity index is 0.000000783. The number of alkyl halides is 12. The van der Waals surface area contributed by atoms with Gasteiger partial charge in [0.15, 0.2) is 0 Å². The number of thioether (sulfide) groups is 3. The highest BCUT2D eigenvalue weighted by Crippen LogP contribution is 2.38. The van der Waals surface area contributed by atoms with Crippen molar-refractivity contribution in [3.05, 3.63) is 0 Å². The summed E-state index contributed by atoms with van der Waals surface area (Å²) in [4.78, 5) is 104. The lowest BCUT2D eigenvalue weighted by Crippen LogP contribution is -2.55. The average Bonchev–Trinajstić information content (AvgIpc) is 0.807. The molecule has 0 bridgehead atoms. The summed E-state index contributed by atoms with van der Waals surface area (Å²) < 4.78 is 171. The van der Waals surface area contributed by atoms with Crippen molar-refractivity contribution in [2.75, 3.05) is 193 Å². The van der Waals surface area contributed by atoms with Crippen LogP contribution < -0.4 is 0 Å². The van der Waals surface area contributed by atoms with Crippen LogP contribution in [0.5, 0.6) is 0 Å².